The summed E-state index contributed by atoms with van der Waals surface area (Å²) in [6.07, 6.45) is 5.74. The molecule has 1 fully saturated rings. The molecule has 1 amide bonds. The average molecular weight is 520 g/mol. The highest BCUT2D eigenvalue weighted by atomic mass is 19.1. The van der Waals surface area contributed by atoms with E-state index >= 15 is 0 Å². The van der Waals surface area contributed by atoms with E-state index in [1.165, 1.54) is 0 Å². The van der Waals surface area contributed by atoms with E-state index < -0.39 is 5.83 Å². The number of hydrogen-bond donors (Lipinski definition) is 0. The smallest absolute Gasteiger partial charge is 0.231 e. The number of hydrogen-bond acceptors (Lipinski definition) is 6. The summed E-state index contributed by atoms with van der Waals surface area (Å²) in [6, 6.07) is 13.6. The Bertz CT molecular complexity index is 1250. The average Bonchev–Trinajstić information content (AvgIpc) is 3.49. The molecule has 0 radical (unpaired) electrons. The Labute approximate surface area is 222 Å². The molecule has 200 valence electrons. The number of benzene rings is 2. The van der Waals surface area contributed by atoms with Gasteiger partial charge >= 0.3 is 0 Å². The van der Waals surface area contributed by atoms with Crippen LogP contribution in [0.25, 0.3) is 11.1 Å². The quantitative estimate of drug-likeness (QED) is 0.187. The number of carbonyl (C=O) groups excluding carboxylic acids is 1. The van der Waals surface area contributed by atoms with Crippen molar-refractivity contribution in [3.05, 3.63) is 79.7 Å². The summed E-state index contributed by atoms with van der Waals surface area (Å²) in [5, 5.41) is 4.06. The molecule has 2 aromatic carbocycles. The van der Waals surface area contributed by atoms with Crippen molar-refractivity contribution < 1.29 is 23.2 Å². The summed E-state index contributed by atoms with van der Waals surface area (Å²) in [7, 11) is 0. The molecule has 0 saturated heterocycles. The van der Waals surface area contributed by atoms with Crippen LogP contribution in [0.4, 0.5) is 10.1 Å². The number of amides is 1. The number of halogens is 1. The molecule has 38 heavy (non-hydrogen) atoms. The number of aromatic nitrogens is 2. The molecule has 0 unspecified atom stereocenters. The zero-order valence-corrected chi connectivity index (χ0v) is 21.7. The molecule has 0 bridgehead atoms. The van der Waals surface area contributed by atoms with Crippen molar-refractivity contribution in [3.63, 3.8) is 0 Å². The van der Waals surface area contributed by atoms with E-state index in [4.69, 9.17) is 14.0 Å². The van der Waals surface area contributed by atoms with Gasteiger partial charge in [0.25, 0.3) is 0 Å². The maximum Gasteiger partial charge on any atom is 0.231 e. The predicted molar refractivity (Wildman–Crippen MR) is 145 cm³/mol. The van der Waals surface area contributed by atoms with Crippen LogP contribution in [0.5, 0.6) is 11.5 Å². The van der Waals surface area contributed by atoms with Crippen molar-refractivity contribution in [1.82, 2.24) is 10.1 Å². The van der Waals surface area contributed by atoms with Crippen molar-refractivity contribution in [1.29, 1.82) is 0 Å². The summed E-state index contributed by atoms with van der Waals surface area (Å²) < 4.78 is 29.6. The maximum atomic E-state index is 13.3. The van der Waals surface area contributed by atoms with Crippen LogP contribution in [0.3, 0.4) is 0 Å². The second-order valence-electron chi connectivity index (χ2n) is 9.31. The highest BCUT2D eigenvalue weighted by Crippen LogP contribution is 2.38. The third kappa shape index (κ3) is 7.09. The minimum atomic E-state index is -0.484. The van der Waals surface area contributed by atoms with E-state index in [0.29, 0.717) is 24.1 Å². The summed E-state index contributed by atoms with van der Waals surface area (Å²) >= 11 is 0. The van der Waals surface area contributed by atoms with Gasteiger partial charge in [0.15, 0.2) is 17.3 Å². The first-order valence-corrected chi connectivity index (χ1v) is 13.0. The number of unbranched alkanes of at least 4 members (excludes halogenated alkanes) is 2. The van der Waals surface area contributed by atoms with E-state index in [9.17, 15) is 9.18 Å². The number of allylic oxidation sites excluding steroid dienone is 1. The van der Waals surface area contributed by atoms with Gasteiger partial charge in [-0.15, -0.1) is 13.2 Å². The van der Waals surface area contributed by atoms with Crippen LogP contribution in [0.1, 0.15) is 62.6 Å². The maximum absolute atomic E-state index is 13.3. The molecule has 1 aliphatic heterocycles. The molecule has 0 N–H and O–H groups in total. The van der Waals surface area contributed by atoms with Gasteiger partial charge in [0.2, 0.25) is 18.6 Å². The Hall–Kier alpha value is -3.94. The van der Waals surface area contributed by atoms with Crippen molar-refractivity contribution in [2.24, 2.45) is 0 Å². The fraction of sp³-hybridized carbons (Fsp3) is 0.367. The Morgan fingerprint density at radius 3 is 2.58 bits per heavy atom. The van der Waals surface area contributed by atoms with E-state index in [1.807, 2.05) is 42.5 Å². The lowest BCUT2D eigenvalue weighted by atomic mass is 10.0. The van der Waals surface area contributed by atoms with Gasteiger partial charge in [-0.2, -0.15) is 4.98 Å². The Morgan fingerprint density at radius 1 is 1.00 bits per heavy atom. The highest BCUT2D eigenvalue weighted by molar-refractivity contribution is 5.94. The summed E-state index contributed by atoms with van der Waals surface area (Å²) in [6.45, 7) is 10.1. The molecule has 2 heterocycles. The van der Waals surface area contributed by atoms with E-state index in [2.05, 4.69) is 29.9 Å². The van der Waals surface area contributed by atoms with Crippen molar-refractivity contribution >= 4 is 11.6 Å². The molecule has 8 heteroatoms. The molecule has 5 rings (SSSR count). The zero-order chi connectivity index (χ0) is 26.9. The largest absolute Gasteiger partial charge is 0.454 e. The van der Waals surface area contributed by atoms with Gasteiger partial charge in [0.1, 0.15) is 0 Å². The van der Waals surface area contributed by atoms with Gasteiger partial charge in [0.05, 0.1) is 5.83 Å². The van der Waals surface area contributed by atoms with Crippen molar-refractivity contribution in [2.45, 2.75) is 57.3 Å². The standard InChI is InChI=1S/C28H30FN3O4.C2H4/c1-19(29)9-14-27(33)32(15-4-2-3-8-26-30-28(31-36-26)20-10-11-20)23-7-5-6-21(16-23)22-12-13-24-25(17-22)35-18-34-24;1-2/h5-7,12-13,16-17,20H,1-4,8-11,14-15,18H2;1-2H2. The van der Waals surface area contributed by atoms with Crippen LogP contribution in [0.2, 0.25) is 0 Å². The van der Waals surface area contributed by atoms with Crippen molar-refractivity contribution in [2.75, 3.05) is 18.2 Å². The lowest BCUT2D eigenvalue weighted by Gasteiger charge is -2.24. The fourth-order valence-corrected chi connectivity index (χ4v) is 4.30. The van der Waals surface area contributed by atoms with Crippen LogP contribution in [-0.2, 0) is 11.2 Å². The summed E-state index contributed by atoms with van der Waals surface area (Å²) in [4.78, 5) is 19.3. The van der Waals surface area contributed by atoms with Crippen LogP contribution in [0, 0.1) is 0 Å². The summed E-state index contributed by atoms with van der Waals surface area (Å²) in [5.74, 6) is 2.82. The van der Waals surface area contributed by atoms with Gasteiger partial charge in [0, 0.05) is 37.4 Å². The van der Waals surface area contributed by atoms with Crippen molar-refractivity contribution in [3.8, 4) is 22.6 Å². The number of anilines is 1. The number of carbonyl (C=O) groups is 1. The van der Waals surface area contributed by atoms with Gasteiger partial charge < -0.3 is 18.9 Å². The third-order valence-electron chi connectivity index (χ3n) is 6.47. The first kappa shape index (κ1) is 27.1. The van der Waals surface area contributed by atoms with Crippen LogP contribution < -0.4 is 14.4 Å². The third-order valence-corrected chi connectivity index (χ3v) is 6.47. The Morgan fingerprint density at radius 2 is 1.79 bits per heavy atom. The lowest BCUT2D eigenvalue weighted by Crippen LogP contribution is -2.31. The van der Waals surface area contributed by atoms with Gasteiger partial charge in [-0.05, 0) is 61.1 Å². The predicted octanol–water partition coefficient (Wildman–Crippen LogP) is 7.15. The first-order chi connectivity index (χ1) is 18.6. The Kier molecular flexibility index (Phi) is 9.30. The van der Waals surface area contributed by atoms with Gasteiger partial charge in [-0.25, -0.2) is 4.39 Å². The van der Waals surface area contributed by atoms with E-state index in [1.54, 1.807) is 4.90 Å². The molecular weight excluding hydrogens is 485 g/mol. The normalized spacial score (nSPS) is 13.5. The van der Waals surface area contributed by atoms with Crippen LogP contribution in [-0.4, -0.2) is 29.4 Å². The molecular formula is C30H34FN3O4. The molecule has 1 aromatic heterocycles. The zero-order valence-electron chi connectivity index (χ0n) is 21.7. The topological polar surface area (TPSA) is 77.7 Å². The summed E-state index contributed by atoms with van der Waals surface area (Å²) in [5.41, 5.74) is 2.71. The second kappa shape index (κ2) is 13.0. The minimum absolute atomic E-state index is 0.0255. The second-order valence-corrected chi connectivity index (χ2v) is 9.31. The molecule has 2 aliphatic rings. The van der Waals surface area contributed by atoms with Crippen LogP contribution >= 0.6 is 0 Å². The number of fused-ring (bicyclic) bond motifs is 1. The highest BCUT2D eigenvalue weighted by Gasteiger charge is 2.28. The van der Waals surface area contributed by atoms with Gasteiger partial charge in [-0.3, -0.25) is 4.79 Å². The van der Waals surface area contributed by atoms with E-state index in [-0.39, 0.29) is 25.5 Å². The van der Waals surface area contributed by atoms with Gasteiger partial charge in [-0.1, -0.05) is 36.4 Å². The molecule has 1 saturated carbocycles. The number of ether oxygens (including phenoxy) is 2. The molecule has 1 aliphatic carbocycles. The monoisotopic (exact) mass is 519 g/mol. The van der Waals surface area contributed by atoms with Crippen LogP contribution in [0.15, 0.2) is 72.6 Å². The molecule has 7 nitrogen and oxygen atoms in total. The number of nitrogens with zero attached hydrogens (tertiary/aromatic N) is 3. The first-order valence-electron chi connectivity index (χ1n) is 13.0. The lowest BCUT2D eigenvalue weighted by molar-refractivity contribution is -0.118. The SMILES string of the molecule is C=C.C=C(F)CCC(=O)N(CCCCCc1nc(C2CC2)no1)c1cccc(-c2ccc3c(c2)OCO3)c1. The fourth-order valence-electron chi connectivity index (χ4n) is 4.30. The number of rotatable bonds is 12. The van der Waals surface area contributed by atoms with E-state index in [0.717, 1.165) is 66.9 Å². The number of aryl methyl sites for hydroxylation is 1. The molecule has 0 atom stereocenters. The molecule has 0 spiro atoms. The molecule has 3 aromatic rings. The minimum Gasteiger partial charge on any atom is -0.454 e. The Balaban J connectivity index is 0.00000164.